The Balaban J connectivity index is 0.00000507. The molecule has 0 spiro atoms. The molecule has 196 valence electrons. The van der Waals surface area contributed by atoms with Crippen LogP contribution < -0.4 is 10.6 Å². The number of benzene rings is 2. The smallest absolute Gasteiger partial charge is 0.251 e. The van der Waals surface area contributed by atoms with Crippen LogP contribution in [-0.2, 0) is 20.8 Å². The van der Waals surface area contributed by atoms with Gasteiger partial charge in [0.15, 0.2) is 12.4 Å². The van der Waals surface area contributed by atoms with E-state index in [0.29, 0.717) is 49.9 Å². The van der Waals surface area contributed by atoms with E-state index >= 15 is 0 Å². The molecule has 1 heterocycles. The lowest BCUT2D eigenvalue weighted by Crippen LogP contribution is -2.27. The molecule has 0 fully saturated rings. The molecule has 11 nitrogen and oxygen atoms in total. The van der Waals surface area contributed by atoms with Gasteiger partial charge in [-0.05, 0) is 29.8 Å². The lowest BCUT2D eigenvalue weighted by molar-refractivity contribution is -0.122. The maximum Gasteiger partial charge on any atom is 0.251 e. The second-order valence-electron chi connectivity index (χ2n) is 7.51. The first-order valence-corrected chi connectivity index (χ1v) is 11.5. The second kappa shape index (κ2) is 16.9. The van der Waals surface area contributed by atoms with E-state index in [9.17, 15) is 9.59 Å². The van der Waals surface area contributed by atoms with Crippen LogP contribution in [0.5, 0.6) is 0 Å². The topological polar surface area (TPSA) is 152 Å². The molecule has 0 saturated carbocycles. The van der Waals surface area contributed by atoms with Gasteiger partial charge in [-0.15, -0.1) is 20.4 Å². The van der Waals surface area contributed by atoms with Crippen molar-refractivity contribution in [2.24, 2.45) is 0 Å². The molecule has 38 heavy (non-hydrogen) atoms. The quantitative estimate of drug-likeness (QED) is 0.257. The monoisotopic (exact) mass is 515 g/mol. The molecule has 0 aliphatic carbocycles. The lowest BCUT2D eigenvalue weighted by Gasteiger charge is -2.08. The fourth-order valence-electron chi connectivity index (χ4n) is 3.01. The molecule has 0 aliphatic heterocycles. The summed E-state index contributed by atoms with van der Waals surface area (Å²) < 4.78 is 10.9. The van der Waals surface area contributed by atoms with Crippen molar-refractivity contribution in [2.45, 2.75) is 20.4 Å². The summed E-state index contributed by atoms with van der Waals surface area (Å²) >= 11 is 0. The summed E-state index contributed by atoms with van der Waals surface area (Å²) in [5.41, 5.74) is 2.90. The Kier molecular flexibility index (Phi) is 13.1. The van der Waals surface area contributed by atoms with E-state index in [1.165, 1.54) is 6.33 Å². The highest BCUT2D eigenvalue weighted by molar-refractivity contribution is 5.94. The van der Waals surface area contributed by atoms with Gasteiger partial charge in [0.2, 0.25) is 11.7 Å². The van der Waals surface area contributed by atoms with Crippen LogP contribution in [0.2, 0.25) is 0 Å². The first kappa shape index (κ1) is 29.5. The molecule has 0 aliphatic rings. The van der Waals surface area contributed by atoms with Crippen LogP contribution in [-0.4, -0.2) is 65.2 Å². The van der Waals surface area contributed by atoms with E-state index < -0.39 is 0 Å². The number of nitrogens with zero attached hydrogens (tertiary/aromatic N) is 5. The van der Waals surface area contributed by atoms with Crippen molar-refractivity contribution in [1.82, 2.24) is 31.0 Å². The van der Waals surface area contributed by atoms with Crippen molar-refractivity contribution in [2.75, 3.05) is 33.0 Å². The predicted molar refractivity (Wildman–Crippen MR) is 139 cm³/mol. The van der Waals surface area contributed by atoms with Gasteiger partial charge in [0.05, 0.1) is 26.4 Å². The van der Waals surface area contributed by atoms with Crippen molar-refractivity contribution >= 4 is 11.8 Å². The van der Waals surface area contributed by atoms with E-state index in [4.69, 9.17) is 14.7 Å². The Morgan fingerprint density at radius 1 is 0.868 bits per heavy atom. The summed E-state index contributed by atoms with van der Waals surface area (Å²) in [4.78, 5) is 24.1. The van der Waals surface area contributed by atoms with Gasteiger partial charge in [0, 0.05) is 42.1 Å². The van der Waals surface area contributed by atoms with Gasteiger partial charge in [-0.2, -0.15) is 5.26 Å². The van der Waals surface area contributed by atoms with E-state index in [1.54, 1.807) is 30.3 Å². The van der Waals surface area contributed by atoms with E-state index in [-0.39, 0.29) is 32.3 Å². The molecule has 0 radical (unpaired) electrons. The minimum Gasteiger partial charge on any atom is -0.379 e. The zero-order valence-corrected chi connectivity index (χ0v) is 20.0. The van der Waals surface area contributed by atoms with Crippen LogP contribution in [0.15, 0.2) is 54.9 Å². The van der Waals surface area contributed by atoms with Crippen LogP contribution in [0.25, 0.3) is 11.4 Å². The third-order valence-electron chi connectivity index (χ3n) is 4.90. The maximum atomic E-state index is 12.1. The van der Waals surface area contributed by atoms with Crippen LogP contribution in [0.3, 0.4) is 0 Å². The highest BCUT2D eigenvalue weighted by Crippen LogP contribution is 2.13. The van der Waals surface area contributed by atoms with Gasteiger partial charge in [0.1, 0.15) is 0 Å². The molecule has 3 aromatic rings. The largest absolute Gasteiger partial charge is 0.379 e. The molecule has 11 heteroatoms. The van der Waals surface area contributed by atoms with Gasteiger partial charge < -0.3 is 20.1 Å². The number of nitrogens with one attached hydrogen (secondary N) is 2. The van der Waals surface area contributed by atoms with Crippen LogP contribution >= 0.6 is 0 Å². The van der Waals surface area contributed by atoms with Crippen molar-refractivity contribution in [3.05, 3.63) is 71.5 Å². The number of carbonyl (C=O) groups excluding carboxylic acids is 2. The average Bonchev–Trinajstić information content (AvgIpc) is 2.95. The Labute approximate surface area is 221 Å². The van der Waals surface area contributed by atoms with Gasteiger partial charge in [-0.25, -0.2) is 0 Å². The minimum atomic E-state index is -0.221. The molecule has 2 aromatic carbocycles. The highest BCUT2D eigenvalue weighted by Gasteiger charge is 2.06. The van der Waals surface area contributed by atoms with Crippen molar-refractivity contribution in [1.29, 1.82) is 5.26 Å². The summed E-state index contributed by atoms with van der Waals surface area (Å²) in [6.07, 6.45) is 1.51. The molecule has 3 rings (SSSR count). The highest BCUT2D eigenvalue weighted by atomic mass is 16.5. The zero-order chi connectivity index (χ0) is 26.1. The number of aromatic nitrogens is 4. The zero-order valence-electron chi connectivity index (χ0n) is 20.0. The van der Waals surface area contributed by atoms with E-state index in [0.717, 1.165) is 11.1 Å². The minimum absolute atomic E-state index is 0. The van der Waals surface area contributed by atoms with Crippen molar-refractivity contribution < 1.29 is 19.1 Å². The first-order chi connectivity index (χ1) is 18.2. The number of carbonyl (C=O) groups is 2. The molecule has 1 aromatic heterocycles. The Hall–Kier alpha value is -4.71. The number of ether oxygens (including phenoxy) is 2. The molecule has 0 saturated heterocycles. The normalized spacial score (nSPS) is 9.76. The SMILES string of the molecule is C.N#CC#Cc1ccc(C(=O)NCCOCCOCCC(=O)NCc2ccc(-c3nncnn3)cc2)cc1. The van der Waals surface area contributed by atoms with Gasteiger partial charge in [-0.1, -0.05) is 37.6 Å². The number of hydrogen-bond acceptors (Lipinski definition) is 9. The molecule has 0 atom stereocenters. The predicted octanol–water partition coefficient (Wildman–Crippen LogP) is 1.91. The summed E-state index contributed by atoms with van der Waals surface area (Å²) in [7, 11) is 0. The molecular formula is C27H29N7O4. The van der Waals surface area contributed by atoms with E-state index in [1.807, 2.05) is 24.3 Å². The summed E-state index contributed by atoms with van der Waals surface area (Å²) in [5.74, 6) is 5.07. The fourth-order valence-corrected chi connectivity index (χ4v) is 3.01. The van der Waals surface area contributed by atoms with Crippen LogP contribution in [0, 0.1) is 23.2 Å². The Bertz CT molecular complexity index is 1250. The number of nitriles is 1. The molecule has 0 bridgehead atoms. The number of hydrogen-bond donors (Lipinski definition) is 2. The van der Waals surface area contributed by atoms with Crippen molar-refractivity contribution in [3.8, 4) is 29.3 Å². The third kappa shape index (κ3) is 10.5. The van der Waals surface area contributed by atoms with Gasteiger partial charge in [-0.3, -0.25) is 9.59 Å². The van der Waals surface area contributed by atoms with Crippen LogP contribution in [0.1, 0.15) is 35.3 Å². The summed E-state index contributed by atoms with van der Waals surface area (Å²) in [6, 6.07) is 15.9. The second-order valence-corrected chi connectivity index (χ2v) is 7.51. The Morgan fingerprint density at radius 2 is 1.55 bits per heavy atom. The first-order valence-electron chi connectivity index (χ1n) is 11.5. The Morgan fingerprint density at radius 3 is 2.24 bits per heavy atom. The number of amides is 2. The fraction of sp³-hybridized carbons (Fsp3) is 0.296. The summed E-state index contributed by atoms with van der Waals surface area (Å²) in [6.45, 7) is 2.07. The molecule has 2 N–H and O–H groups in total. The molecular weight excluding hydrogens is 486 g/mol. The lowest BCUT2D eigenvalue weighted by atomic mass is 10.1. The third-order valence-corrected chi connectivity index (χ3v) is 4.90. The average molecular weight is 516 g/mol. The van der Waals surface area contributed by atoms with E-state index in [2.05, 4.69) is 42.9 Å². The van der Waals surface area contributed by atoms with Crippen LogP contribution in [0.4, 0.5) is 0 Å². The maximum absolute atomic E-state index is 12.1. The molecule has 2 amide bonds. The number of rotatable bonds is 13. The standard InChI is InChI=1S/C26H25N7O4.CH4/c27-12-1-2-20-3-9-23(10-4-20)26(35)28-13-15-37-17-16-36-14-11-24(34)29-18-21-5-7-22(8-6-21)25-32-30-19-31-33-25;/h3-10,19H,11,13-18H2,(H,28,35)(H,29,34);1H4. The molecule has 0 unspecified atom stereocenters. The van der Waals surface area contributed by atoms with Gasteiger partial charge >= 0.3 is 0 Å². The summed E-state index contributed by atoms with van der Waals surface area (Å²) in [5, 5.41) is 29.3. The van der Waals surface area contributed by atoms with Gasteiger partial charge in [0.25, 0.3) is 5.91 Å². The van der Waals surface area contributed by atoms with Crippen molar-refractivity contribution in [3.63, 3.8) is 0 Å².